The van der Waals surface area contributed by atoms with E-state index in [0.29, 0.717) is 4.90 Å². The van der Waals surface area contributed by atoms with Crippen molar-refractivity contribution in [3.05, 3.63) is 27.0 Å². The zero-order chi connectivity index (χ0) is 7.56. The Labute approximate surface area is 59.8 Å². The van der Waals surface area contributed by atoms with Gasteiger partial charge in [-0.15, -0.1) is 0 Å². The highest BCUT2D eigenvalue weighted by molar-refractivity contribution is 7.97. The van der Waals surface area contributed by atoms with Crippen LogP contribution in [0.15, 0.2) is 20.7 Å². The molecule has 0 radical (unpaired) electrons. The Morgan fingerprint density at radius 1 is 1.50 bits per heavy atom. The Kier molecular flexibility index (Phi) is 1.93. The number of hydrogen-bond acceptors (Lipinski definition) is 4. The van der Waals surface area contributed by atoms with Gasteiger partial charge >= 0.3 is 5.69 Å². The van der Waals surface area contributed by atoms with Crippen molar-refractivity contribution < 1.29 is 0 Å². The van der Waals surface area contributed by atoms with Crippen LogP contribution in [0.25, 0.3) is 0 Å². The van der Waals surface area contributed by atoms with Gasteiger partial charge in [0.15, 0.2) is 0 Å². The number of nitrogens with two attached hydrogens (primary N) is 1. The van der Waals surface area contributed by atoms with Gasteiger partial charge in [0.1, 0.15) is 4.90 Å². The lowest BCUT2D eigenvalue weighted by atomic mass is 10.7. The van der Waals surface area contributed by atoms with Crippen LogP contribution in [0.4, 0.5) is 0 Å². The lowest BCUT2D eigenvalue weighted by Crippen LogP contribution is -2.22. The van der Waals surface area contributed by atoms with Crippen LogP contribution in [-0.4, -0.2) is 9.97 Å². The first kappa shape index (κ1) is 7.10. The standard InChI is InChI=1S/C4H5N3O2S/c5-10-2-1-6-4(9)7-3(2)8/h1H,5H2,(H2,6,7,8,9). The fourth-order valence-electron chi connectivity index (χ4n) is 0.485. The summed E-state index contributed by atoms with van der Waals surface area (Å²) in [6.07, 6.45) is 1.27. The van der Waals surface area contributed by atoms with E-state index < -0.39 is 11.2 Å². The SMILES string of the molecule is NSc1c[nH]c(=O)[nH]c1=O. The molecule has 0 aliphatic heterocycles. The molecule has 0 bridgehead atoms. The molecule has 0 amide bonds. The molecular weight excluding hydrogens is 154 g/mol. The number of aromatic amines is 2. The van der Waals surface area contributed by atoms with Crippen LogP contribution in [0.5, 0.6) is 0 Å². The van der Waals surface area contributed by atoms with Crippen molar-refractivity contribution in [3.63, 3.8) is 0 Å². The van der Waals surface area contributed by atoms with E-state index in [4.69, 9.17) is 5.14 Å². The second-order valence-electron chi connectivity index (χ2n) is 1.55. The molecule has 0 aromatic carbocycles. The van der Waals surface area contributed by atoms with Gasteiger partial charge in [0.05, 0.1) is 0 Å². The highest BCUT2D eigenvalue weighted by atomic mass is 32.2. The minimum atomic E-state index is -0.525. The maximum Gasteiger partial charge on any atom is 0.325 e. The van der Waals surface area contributed by atoms with E-state index in [2.05, 4.69) is 4.98 Å². The number of hydrogen-bond donors (Lipinski definition) is 3. The third kappa shape index (κ3) is 1.28. The summed E-state index contributed by atoms with van der Waals surface area (Å²) in [4.78, 5) is 25.7. The number of H-pyrrole nitrogens is 2. The molecule has 1 heterocycles. The molecule has 0 aliphatic rings. The minimum absolute atomic E-state index is 0.291. The van der Waals surface area contributed by atoms with Crippen LogP contribution in [0.1, 0.15) is 0 Å². The molecule has 0 saturated heterocycles. The minimum Gasteiger partial charge on any atom is -0.313 e. The molecule has 1 aromatic rings. The van der Waals surface area contributed by atoms with E-state index in [1.807, 2.05) is 4.98 Å². The van der Waals surface area contributed by atoms with Gasteiger partial charge < -0.3 is 4.98 Å². The molecule has 0 saturated carbocycles. The Balaban J connectivity index is 3.34. The quantitative estimate of drug-likeness (QED) is 0.460. The normalized spacial score (nSPS) is 9.70. The van der Waals surface area contributed by atoms with Crippen molar-refractivity contribution in [2.24, 2.45) is 5.14 Å². The monoisotopic (exact) mass is 159 g/mol. The maximum absolute atomic E-state index is 10.7. The van der Waals surface area contributed by atoms with Gasteiger partial charge in [-0.3, -0.25) is 14.9 Å². The summed E-state index contributed by atoms with van der Waals surface area (Å²) >= 11 is 0.790. The largest absolute Gasteiger partial charge is 0.325 e. The van der Waals surface area contributed by atoms with E-state index in [1.165, 1.54) is 6.20 Å². The molecule has 0 fully saturated rings. The zero-order valence-corrected chi connectivity index (χ0v) is 5.70. The van der Waals surface area contributed by atoms with Crippen LogP contribution >= 0.6 is 11.9 Å². The Morgan fingerprint density at radius 2 is 2.20 bits per heavy atom. The molecule has 0 unspecified atom stereocenters. The smallest absolute Gasteiger partial charge is 0.313 e. The Morgan fingerprint density at radius 3 is 2.70 bits per heavy atom. The summed E-state index contributed by atoms with van der Waals surface area (Å²) < 4.78 is 0. The Bertz CT molecular complexity index is 328. The van der Waals surface area contributed by atoms with Gasteiger partial charge in [0, 0.05) is 6.20 Å². The third-order valence-electron chi connectivity index (χ3n) is 0.912. The topological polar surface area (TPSA) is 91.7 Å². The van der Waals surface area contributed by atoms with Gasteiger partial charge in [0.2, 0.25) is 0 Å². The van der Waals surface area contributed by atoms with Crippen LogP contribution < -0.4 is 16.4 Å². The predicted molar refractivity (Wildman–Crippen MR) is 37.7 cm³/mol. The van der Waals surface area contributed by atoms with Crippen molar-refractivity contribution in [1.29, 1.82) is 0 Å². The van der Waals surface area contributed by atoms with Gasteiger partial charge in [-0.1, -0.05) is 0 Å². The summed E-state index contributed by atoms with van der Waals surface area (Å²) in [5.74, 6) is 0. The molecule has 1 aromatic heterocycles. The number of nitrogens with one attached hydrogen (secondary N) is 2. The molecule has 0 atom stereocenters. The van der Waals surface area contributed by atoms with Crippen molar-refractivity contribution in [2.45, 2.75) is 4.90 Å². The van der Waals surface area contributed by atoms with Crippen LogP contribution in [0.2, 0.25) is 0 Å². The van der Waals surface area contributed by atoms with E-state index in [9.17, 15) is 9.59 Å². The van der Waals surface area contributed by atoms with Gasteiger partial charge in [-0.2, -0.15) is 0 Å². The Hall–Kier alpha value is -1.01. The molecule has 10 heavy (non-hydrogen) atoms. The fraction of sp³-hybridized carbons (Fsp3) is 0. The van der Waals surface area contributed by atoms with Crippen molar-refractivity contribution in [1.82, 2.24) is 9.97 Å². The lowest BCUT2D eigenvalue weighted by molar-refractivity contribution is 0.977. The van der Waals surface area contributed by atoms with Crippen molar-refractivity contribution in [2.75, 3.05) is 0 Å². The van der Waals surface area contributed by atoms with E-state index in [0.717, 1.165) is 11.9 Å². The first-order valence-electron chi connectivity index (χ1n) is 2.43. The average molecular weight is 159 g/mol. The lowest BCUT2D eigenvalue weighted by Gasteiger charge is -1.89. The molecule has 0 spiro atoms. The van der Waals surface area contributed by atoms with E-state index in [1.54, 1.807) is 0 Å². The van der Waals surface area contributed by atoms with Crippen LogP contribution in [-0.2, 0) is 0 Å². The van der Waals surface area contributed by atoms with Crippen LogP contribution in [0, 0.1) is 0 Å². The van der Waals surface area contributed by atoms with Crippen molar-refractivity contribution in [3.8, 4) is 0 Å². The fourth-order valence-corrected chi connectivity index (χ4v) is 0.770. The van der Waals surface area contributed by atoms with Gasteiger partial charge in [-0.05, 0) is 11.9 Å². The average Bonchev–Trinajstić information content (AvgIpc) is 1.88. The maximum atomic E-state index is 10.7. The molecule has 0 aliphatic carbocycles. The van der Waals surface area contributed by atoms with Gasteiger partial charge in [0.25, 0.3) is 5.56 Å². The highest BCUT2D eigenvalue weighted by Crippen LogP contribution is 1.98. The molecule has 1 rings (SSSR count). The second kappa shape index (κ2) is 2.72. The van der Waals surface area contributed by atoms with Gasteiger partial charge in [-0.25, -0.2) is 4.79 Å². The summed E-state index contributed by atoms with van der Waals surface area (Å²) in [6, 6.07) is 0. The number of aromatic nitrogens is 2. The zero-order valence-electron chi connectivity index (χ0n) is 4.88. The van der Waals surface area contributed by atoms with Crippen LogP contribution in [0.3, 0.4) is 0 Å². The second-order valence-corrected chi connectivity index (χ2v) is 2.23. The molecule has 54 valence electrons. The van der Waals surface area contributed by atoms with E-state index >= 15 is 0 Å². The first-order valence-corrected chi connectivity index (χ1v) is 3.31. The molecule has 4 N–H and O–H groups in total. The number of rotatable bonds is 1. The summed E-state index contributed by atoms with van der Waals surface area (Å²) in [7, 11) is 0. The summed E-state index contributed by atoms with van der Waals surface area (Å²) in [6.45, 7) is 0. The molecular formula is C4H5N3O2S. The third-order valence-corrected chi connectivity index (χ3v) is 1.47. The first-order chi connectivity index (χ1) is 4.74. The molecule has 6 heteroatoms. The predicted octanol–water partition coefficient (Wildman–Crippen LogP) is -0.971. The van der Waals surface area contributed by atoms with E-state index in [-0.39, 0.29) is 0 Å². The molecule has 5 nitrogen and oxygen atoms in total. The van der Waals surface area contributed by atoms with Crippen molar-refractivity contribution >= 4 is 11.9 Å². The summed E-state index contributed by atoms with van der Waals surface area (Å²) in [5.41, 5.74) is -0.987. The highest BCUT2D eigenvalue weighted by Gasteiger charge is 1.95. The summed E-state index contributed by atoms with van der Waals surface area (Å²) in [5, 5.41) is 5.08.